The third-order valence-corrected chi connectivity index (χ3v) is 2.99. The molecule has 1 atom stereocenters. The molecule has 0 amide bonds. The fourth-order valence-electron chi connectivity index (χ4n) is 1.88. The number of nitrogens with zero attached hydrogens (tertiary/aromatic N) is 1. The van der Waals surface area contributed by atoms with Gasteiger partial charge in [0.05, 0.1) is 7.11 Å². The molecule has 0 spiro atoms. The normalized spacial score (nSPS) is 12.8. The molecular weight excluding hydrogens is 295 g/mol. The van der Waals surface area contributed by atoms with Crippen molar-refractivity contribution in [3.8, 4) is 17.4 Å². The number of rotatable bonds is 5. The maximum Gasteiger partial charge on any atom is 0.222 e. The second kappa shape index (κ2) is 6.25. The van der Waals surface area contributed by atoms with Crippen LogP contribution in [0, 0.1) is 5.95 Å². The van der Waals surface area contributed by atoms with Gasteiger partial charge in [0.15, 0.2) is 17.7 Å². The molecule has 22 heavy (non-hydrogen) atoms. The van der Waals surface area contributed by atoms with Gasteiger partial charge in [0.1, 0.15) is 5.67 Å². The summed E-state index contributed by atoms with van der Waals surface area (Å²) < 4.78 is 51.3. The van der Waals surface area contributed by atoms with Gasteiger partial charge in [-0.25, -0.2) is 8.78 Å². The first-order chi connectivity index (χ1) is 10.3. The van der Waals surface area contributed by atoms with E-state index >= 15 is 0 Å². The van der Waals surface area contributed by atoms with Crippen LogP contribution in [0.5, 0.6) is 17.4 Å². The molecule has 0 fully saturated rings. The highest BCUT2D eigenvalue weighted by atomic mass is 19.2. The Balaban J connectivity index is 2.30. The second-order valence-corrected chi connectivity index (χ2v) is 5.24. The van der Waals surface area contributed by atoms with Crippen LogP contribution in [0.3, 0.4) is 0 Å². The molecule has 0 saturated carbocycles. The van der Waals surface area contributed by atoms with Crippen LogP contribution in [-0.2, 0) is 0 Å². The highest BCUT2D eigenvalue weighted by Crippen LogP contribution is 2.38. The topological polar surface area (TPSA) is 31.4 Å². The molecular formula is C16H16F3NO2. The van der Waals surface area contributed by atoms with Crippen LogP contribution in [0.15, 0.2) is 36.4 Å². The van der Waals surface area contributed by atoms with E-state index in [1.807, 2.05) is 0 Å². The molecule has 2 rings (SSSR count). The fourth-order valence-corrected chi connectivity index (χ4v) is 1.88. The van der Waals surface area contributed by atoms with Gasteiger partial charge in [0.25, 0.3) is 0 Å². The summed E-state index contributed by atoms with van der Waals surface area (Å²) in [4.78, 5) is 3.56. The summed E-state index contributed by atoms with van der Waals surface area (Å²) in [6.45, 7) is 2.32. The van der Waals surface area contributed by atoms with E-state index in [0.717, 1.165) is 13.8 Å². The lowest BCUT2D eigenvalue weighted by Crippen LogP contribution is -2.20. The number of aromatic nitrogens is 1. The Morgan fingerprint density at radius 1 is 1.14 bits per heavy atom. The highest BCUT2D eigenvalue weighted by Gasteiger charge is 2.31. The van der Waals surface area contributed by atoms with Crippen LogP contribution in [0.1, 0.15) is 25.6 Å². The summed E-state index contributed by atoms with van der Waals surface area (Å²) in [5.41, 5.74) is -1.89. The average Bonchev–Trinajstić information content (AvgIpc) is 2.46. The lowest BCUT2D eigenvalue weighted by Gasteiger charge is -2.21. The summed E-state index contributed by atoms with van der Waals surface area (Å²) in [6.07, 6.45) is -1.80. The fraction of sp³-hybridized carbons (Fsp3) is 0.312. The largest absolute Gasteiger partial charge is 0.493 e. The number of benzene rings is 1. The van der Waals surface area contributed by atoms with E-state index in [0.29, 0.717) is 0 Å². The predicted octanol–water partition coefficient (Wildman–Crippen LogP) is 4.78. The average molecular weight is 311 g/mol. The SMILES string of the molecule is COc1cc(C(F)C(C)(C)F)ccc1Oc1cccc(F)n1. The predicted molar refractivity (Wildman–Crippen MR) is 76.3 cm³/mol. The Labute approximate surface area is 126 Å². The van der Waals surface area contributed by atoms with Gasteiger partial charge in [0.2, 0.25) is 11.8 Å². The van der Waals surface area contributed by atoms with Gasteiger partial charge < -0.3 is 9.47 Å². The van der Waals surface area contributed by atoms with Crippen molar-refractivity contribution in [2.45, 2.75) is 25.7 Å². The number of pyridine rings is 1. The molecule has 0 aliphatic rings. The molecule has 0 saturated heterocycles. The second-order valence-electron chi connectivity index (χ2n) is 5.24. The van der Waals surface area contributed by atoms with Crippen LogP contribution in [0.4, 0.5) is 13.2 Å². The number of halogens is 3. The molecule has 1 unspecified atom stereocenters. The van der Waals surface area contributed by atoms with Gasteiger partial charge >= 0.3 is 0 Å². The summed E-state index contributed by atoms with van der Waals surface area (Å²) in [5.74, 6) is -0.214. The Morgan fingerprint density at radius 2 is 1.86 bits per heavy atom. The van der Waals surface area contributed by atoms with Crippen LogP contribution in [0.25, 0.3) is 0 Å². The van der Waals surface area contributed by atoms with E-state index in [1.54, 1.807) is 0 Å². The van der Waals surface area contributed by atoms with Gasteiger partial charge in [-0.15, -0.1) is 0 Å². The number of hydrogen-bond donors (Lipinski definition) is 0. The first-order valence-corrected chi connectivity index (χ1v) is 6.62. The van der Waals surface area contributed by atoms with Crippen LogP contribution in [0.2, 0.25) is 0 Å². The molecule has 0 aliphatic carbocycles. The summed E-state index contributed by atoms with van der Waals surface area (Å²) in [6, 6.07) is 8.27. The summed E-state index contributed by atoms with van der Waals surface area (Å²) in [7, 11) is 1.37. The smallest absolute Gasteiger partial charge is 0.222 e. The van der Waals surface area contributed by atoms with E-state index in [2.05, 4.69) is 4.98 Å². The van der Waals surface area contributed by atoms with E-state index in [-0.39, 0.29) is 22.9 Å². The molecule has 6 heteroatoms. The molecule has 0 N–H and O–H groups in total. The van der Waals surface area contributed by atoms with Crippen LogP contribution < -0.4 is 9.47 Å². The van der Waals surface area contributed by atoms with Gasteiger partial charge in [-0.1, -0.05) is 12.1 Å². The van der Waals surface area contributed by atoms with Gasteiger partial charge in [-0.2, -0.15) is 9.37 Å². The van der Waals surface area contributed by atoms with Crippen LogP contribution in [-0.4, -0.2) is 17.8 Å². The first-order valence-electron chi connectivity index (χ1n) is 6.62. The molecule has 0 radical (unpaired) electrons. The van der Waals surface area contributed by atoms with Crippen molar-refractivity contribution in [2.24, 2.45) is 0 Å². The van der Waals surface area contributed by atoms with E-state index in [9.17, 15) is 13.2 Å². The summed E-state index contributed by atoms with van der Waals surface area (Å²) in [5, 5.41) is 0. The lowest BCUT2D eigenvalue weighted by atomic mass is 9.97. The van der Waals surface area contributed by atoms with Gasteiger partial charge in [0, 0.05) is 6.07 Å². The number of ether oxygens (including phenoxy) is 2. The molecule has 1 aromatic heterocycles. The van der Waals surface area contributed by atoms with Crippen LogP contribution >= 0.6 is 0 Å². The Morgan fingerprint density at radius 3 is 2.45 bits per heavy atom. The lowest BCUT2D eigenvalue weighted by molar-refractivity contribution is 0.0850. The molecule has 1 aromatic carbocycles. The van der Waals surface area contributed by atoms with Gasteiger partial charge in [-0.3, -0.25) is 0 Å². The van der Waals surface area contributed by atoms with E-state index in [4.69, 9.17) is 9.47 Å². The number of alkyl halides is 2. The highest BCUT2D eigenvalue weighted by molar-refractivity contribution is 5.45. The molecule has 118 valence electrons. The van der Waals surface area contributed by atoms with Crippen molar-refractivity contribution >= 4 is 0 Å². The zero-order chi connectivity index (χ0) is 16.3. The third kappa shape index (κ3) is 3.69. The quantitative estimate of drug-likeness (QED) is 0.745. The third-order valence-electron chi connectivity index (χ3n) is 2.99. The van der Waals surface area contributed by atoms with E-state index < -0.39 is 17.8 Å². The summed E-state index contributed by atoms with van der Waals surface area (Å²) >= 11 is 0. The molecule has 3 nitrogen and oxygen atoms in total. The molecule has 0 bridgehead atoms. The molecule has 1 heterocycles. The van der Waals surface area contributed by atoms with E-state index in [1.165, 1.54) is 43.5 Å². The van der Waals surface area contributed by atoms with Crippen molar-refractivity contribution in [1.82, 2.24) is 4.98 Å². The van der Waals surface area contributed by atoms with Crippen molar-refractivity contribution in [2.75, 3.05) is 7.11 Å². The Hall–Kier alpha value is -2.24. The minimum Gasteiger partial charge on any atom is -0.493 e. The molecule has 0 aliphatic heterocycles. The number of methoxy groups -OCH3 is 1. The zero-order valence-electron chi connectivity index (χ0n) is 12.4. The zero-order valence-corrected chi connectivity index (χ0v) is 12.4. The van der Waals surface area contributed by atoms with Crippen molar-refractivity contribution in [3.05, 3.63) is 47.9 Å². The first kappa shape index (κ1) is 16.1. The van der Waals surface area contributed by atoms with Crippen molar-refractivity contribution in [3.63, 3.8) is 0 Å². The maximum atomic E-state index is 14.0. The van der Waals surface area contributed by atoms with Crippen molar-refractivity contribution in [1.29, 1.82) is 0 Å². The van der Waals surface area contributed by atoms with Gasteiger partial charge in [-0.05, 0) is 37.6 Å². The monoisotopic (exact) mass is 311 g/mol. The molecule has 2 aromatic rings. The number of hydrogen-bond acceptors (Lipinski definition) is 3. The Kier molecular flexibility index (Phi) is 4.59. The minimum absolute atomic E-state index is 0.0358. The van der Waals surface area contributed by atoms with Crippen molar-refractivity contribution < 1.29 is 22.6 Å². The maximum absolute atomic E-state index is 14.0. The minimum atomic E-state index is -2.02. The standard InChI is InChI=1S/C16H16F3NO2/c1-16(2,19)15(18)10-7-8-11(12(9-10)21-3)22-14-6-4-5-13(17)20-14/h4-9,15H,1-3H3. The Bertz CT molecular complexity index is 656.